The highest BCUT2D eigenvalue weighted by molar-refractivity contribution is 9.10. The Morgan fingerprint density at radius 1 is 1.28 bits per heavy atom. The standard InChI is InChI=1S/C20H21BrNO3/c1-25-15-6-7-18-17(10-15)16-8-9-22(18,12-20(16)24)11-19(23)13-2-4-14(21)5-3-13/h2-7,10,16,20,24H,8-9,11-12H2,1H3/q+1/t16-,20+,22-/m1/s1. The largest absolute Gasteiger partial charge is 0.497 e. The second-order valence-corrected chi connectivity index (χ2v) is 7.94. The molecular formula is C20H21BrNO3+. The average molecular weight is 403 g/mol. The minimum Gasteiger partial charge on any atom is -0.497 e. The highest BCUT2D eigenvalue weighted by Gasteiger charge is 2.50. The molecule has 0 amide bonds. The fourth-order valence-electron chi connectivity index (χ4n) is 4.36. The van der Waals surface area contributed by atoms with Gasteiger partial charge in [-0.3, -0.25) is 9.28 Å². The van der Waals surface area contributed by atoms with E-state index in [1.807, 2.05) is 36.4 Å². The molecule has 1 saturated heterocycles. The number of aliphatic hydroxyl groups excluding tert-OH is 1. The molecule has 130 valence electrons. The van der Waals surface area contributed by atoms with Crippen molar-refractivity contribution >= 4 is 27.4 Å². The molecule has 2 aromatic carbocycles. The van der Waals surface area contributed by atoms with E-state index < -0.39 is 6.10 Å². The van der Waals surface area contributed by atoms with Crippen molar-refractivity contribution in [3.63, 3.8) is 0 Å². The second kappa shape index (κ2) is 6.24. The Hall–Kier alpha value is -1.69. The van der Waals surface area contributed by atoms with Crippen LogP contribution in [0.1, 0.15) is 28.3 Å². The molecule has 3 atom stereocenters. The van der Waals surface area contributed by atoms with Crippen molar-refractivity contribution in [3.05, 3.63) is 58.1 Å². The molecule has 25 heavy (non-hydrogen) atoms. The van der Waals surface area contributed by atoms with E-state index in [4.69, 9.17) is 4.74 Å². The van der Waals surface area contributed by atoms with E-state index in [1.54, 1.807) is 7.11 Å². The summed E-state index contributed by atoms with van der Waals surface area (Å²) in [6.07, 6.45) is 0.487. The first-order valence-corrected chi connectivity index (χ1v) is 9.33. The number of fused-ring (bicyclic) bond motifs is 2. The van der Waals surface area contributed by atoms with Gasteiger partial charge in [-0.2, -0.15) is 0 Å². The summed E-state index contributed by atoms with van der Waals surface area (Å²) in [6.45, 7) is 1.88. The number of piperidine rings is 1. The summed E-state index contributed by atoms with van der Waals surface area (Å²) in [6, 6.07) is 13.5. The highest BCUT2D eigenvalue weighted by atomic mass is 79.9. The van der Waals surface area contributed by atoms with Crippen LogP contribution in [0.5, 0.6) is 5.75 Å². The summed E-state index contributed by atoms with van der Waals surface area (Å²) in [5, 5.41) is 10.6. The Bertz CT molecular complexity index is 820. The van der Waals surface area contributed by atoms with Crippen molar-refractivity contribution in [2.75, 3.05) is 26.7 Å². The normalized spacial score (nSPS) is 27.0. The summed E-state index contributed by atoms with van der Waals surface area (Å²) >= 11 is 3.41. The lowest BCUT2D eigenvalue weighted by Gasteiger charge is -2.51. The Morgan fingerprint density at radius 3 is 2.72 bits per heavy atom. The predicted molar refractivity (Wildman–Crippen MR) is 101 cm³/mol. The lowest BCUT2D eigenvalue weighted by molar-refractivity contribution is 0.0371. The molecule has 3 heterocycles. The molecular weight excluding hydrogens is 382 g/mol. The predicted octanol–water partition coefficient (Wildman–Crippen LogP) is 3.51. The number of hydrogen-bond acceptors (Lipinski definition) is 3. The van der Waals surface area contributed by atoms with E-state index in [9.17, 15) is 9.90 Å². The topological polar surface area (TPSA) is 46.5 Å². The second-order valence-electron chi connectivity index (χ2n) is 7.03. The van der Waals surface area contributed by atoms with Gasteiger partial charge in [-0.1, -0.05) is 28.1 Å². The van der Waals surface area contributed by atoms with Gasteiger partial charge in [0.1, 0.15) is 30.6 Å². The lowest BCUT2D eigenvalue weighted by atomic mass is 9.78. The van der Waals surface area contributed by atoms with Crippen LogP contribution in [0.15, 0.2) is 46.9 Å². The summed E-state index contributed by atoms with van der Waals surface area (Å²) in [5.74, 6) is 1.06. The lowest BCUT2D eigenvalue weighted by Crippen LogP contribution is -2.64. The number of halogens is 1. The summed E-state index contributed by atoms with van der Waals surface area (Å²) < 4.78 is 6.85. The van der Waals surface area contributed by atoms with Gasteiger partial charge in [0.15, 0.2) is 0 Å². The van der Waals surface area contributed by atoms with Crippen molar-refractivity contribution in [2.24, 2.45) is 0 Å². The zero-order chi connectivity index (χ0) is 17.6. The molecule has 0 saturated carbocycles. The van der Waals surface area contributed by atoms with Gasteiger partial charge in [-0.05, 0) is 24.3 Å². The third-order valence-electron chi connectivity index (χ3n) is 5.63. The van der Waals surface area contributed by atoms with E-state index in [0.29, 0.717) is 23.1 Å². The molecule has 5 rings (SSSR count). The molecule has 2 aromatic rings. The molecule has 5 heteroatoms. The number of carbonyl (C=O) groups is 1. The zero-order valence-electron chi connectivity index (χ0n) is 14.1. The maximum Gasteiger partial charge on any atom is 0.217 e. The van der Waals surface area contributed by atoms with Gasteiger partial charge in [0.05, 0.1) is 13.7 Å². The van der Waals surface area contributed by atoms with Crippen molar-refractivity contribution in [1.29, 1.82) is 0 Å². The Labute approximate surface area is 155 Å². The van der Waals surface area contributed by atoms with Crippen LogP contribution in [0.3, 0.4) is 0 Å². The molecule has 3 aliphatic rings. The van der Waals surface area contributed by atoms with E-state index >= 15 is 0 Å². The quantitative estimate of drug-likeness (QED) is 0.628. The monoisotopic (exact) mass is 402 g/mol. The van der Waals surface area contributed by atoms with Gasteiger partial charge in [0, 0.05) is 34.0 Å². The number of rotatable bonds is 4. The number of benzene rings is 2. The number of aliphatic hydroxyl groups is 1. The van der Waals surface area contributed by atoms with Crippen LogP contribution >= 0.6 is 15.9 Å². The van der Waals surface area contributed by atoms with Crippen LogP contribution < -0.4 is 9.22 Å². The molecule has 4 nitrogen and oxygen atoms in total. The van der Waals surface area contributed by atoms with Gasteiger partial charge >= 0.3 is 0 Å². The summed E-state index contributed by atoms with van der Waals surface area (Å²) in [5.41, 5.74) is 3.01. The van der Waals surface area contributed by atoms with Crippen LogP contribution in [-0.2, 0) is 0 Å². The maximum absolute atomic E-state index is 12.9. The number of methoxy groups -OCH3 is 1. The van der Waals surface area contributed by atoms with Gasteiger partial charge < -0.3 is 9.84 Å². The minimum atomic E-state index is -0.411. The van der Waals surface area contributed by atoms with Gasteiger partial charge in [-0.15, -0.1) is 0 Å². The van der Waals surface area contributed by atoms with Crippen LogP contribution in [0, 0.1) is 0 Å². The molecule has 0 radical (unpaired) electrons. The van der Waals surface area contributed by atoms with E-state index in [2.05, 4.69) is 22.0 Å². The van der Waals surface area contributed by atoms with Crippen LogP contribution in [0.25, 0.3) is 0 Å². The fourth-order valence-corrected chi connectivity index (χ4v) is 4.62. The number of nitrogens with zero attached hydrogens (tertiary/aromatic N) is 1. The number of quaternary nitrogens is 1. The fraction of sp³-hybridized carbons (Fsp3) is 0.350. The number of Topliss-reactive ketones (excluding diaryl/α,β-unsaturated/α-hetero) is 1. The number of ether oxygens (including phenoxy) is 1. The number of hydrogen-bond donors (Lipinski definition) is 1. The van der Waals surface area contributed by atoms with E-state index in [0.717, 1.165) is 34.4 Å². The molecule has 1 N–H and O–H groups in total. The first-order valence-electron chi connectivity index (χ1n) is 8.54. The van der Waals surface area contributed by atoms with Crippen LogP contribution in [-0.4, -0.2) is 43.7 Å². The highest BCUT2D eigenvalue weighted by Crippen LogP contribution is 2.48. The molecule has 0 aromatic heterocycles. The smallest absolute Gasteiger partial charge is 0.217 e. The van der Waals surface area contributed by atoms with Crippen molar-refractivity contribution < 1.29 is 14.6 Å². The maximum atomic E-state index is 12.9. The van der Waals surface area contributed by atoms with Gasteiger partial charge in [-0.25, -0.2) is 0 Å². The average Bonchev–Trinajstić information content (AvgIpc) is 2.62. The number of carbonyl (C=O) groups excluding carboxylic acids is 1. The van der Waals surface area contributed by atoms with Crippen molar-refractivity contribution in [1.82, 2.24) is 4.48 Å². The van der Waals surface area contributed by atoms with Gasteiger partial charge in [0.25, 0.3) is 0 Å². The van der Waals surface area contributed by atoms with Crippen molar-refractivity contribution in [2.45, 2.75) is 18.4 Å². The molecule has 0 unspecified atom stereocenters. The van der Waals surface area contributed by atoms with Crippen LogP contribution in [0.2, 0.25) is 0 Å². The molecule has 0 spiro atoms. The first-order chi connectivity index (χ1) is 12.0. The summed E-state index contributed by atoms with van der Waals surface area (Å²) in [4.78, 5) is 12.9. The Morgan fingerprint density at radius 2 is 2.04 bits per heavy atom. The molecule has 0 aliphatic carbocycles. The molecule has 2 bridgehead atoms. The van der Waals surface area contributed by atoms with E-state index in [-0.39, 0.29) is 11.7 Å². The zero-order valence-corrected chi connectivity index (χ0v) is 15.7. The minimum absolute atomic E-state index is 0.113. The van der Waals surface area contributed by atoms with Gasteiger partial charge in [0.2, 0.25) is 5.78 Å². The molecule has 3 aliphatic heterocycles. The number of ketones is 1. The third-order valence-corrected chi connectivity index (χ3v) is 6.16. The SMILES string of the molecule is COc1ccc2c(c1)[C@H]1CC[N@@+]2(CC(=O)c2ccc(Br)cc2)C[C@@H]1O. The molecule has 1 fully saturated rings. The Balaban J connectivity index is 1.71. The third kappa shape index (κ3) is 2.80. The van der Waals surface area contributed by atoms with Crippen molar-refractivity contribution in [3.8, 4) is 5.75 Å². The Kier molecular flexibility index (Phi) is 4.18. The summed E-state index contributed by atoms with van der Waals surface area (Å²) in [7, 11) is 1.65. The van der Waals surface area contributed by atoms with E-state index in [1.165, 1.54) is 0 Å². The van der Waals surface area contributed by atoms with Crippen LogP contribution in [0.4, 0.5) is 5.69 Å². The first kappa shape index (κ1) is 16.8.